The summed E-state index contributed by atoms with van der Waals surface area (Å²) in [5.74, 6) is -0.343. The molecular formula is C31H36Cl3N3O5S. The third-order valence-electron chi connectivity index (χ3n) is 6.67. The first kappa shape index (κ1) is 34.5. The van der Waals surface area contributed by atoms with Crippen molar-refractivity contribution < 1.29 is 22.7 Å². The Morgan fingerprint density at radius 1 is 0.907 bits per heavy atom. The van der Waals surface area contributed by atoms with Gasteiger partial charge in [-0.25, -0.2) is 8.42 Å². The van der Waals surface area contributed by atoms with Crippen LogP contribution in [0.2, 0.25) is 15.1 Å². The molecule has 0 bridgehead atoms. The molecule has 3 rings (SSSR count). The average molecular weight is 669 g/mol. The standard InChI is InChI=1S/C31H36Cl3N3O5S/c1-4-7-18-35-31(39)29(5-2)36(20-22-8-17-27(33)28(34)19-22)30(38)21-37(24-11-13-25(14-12-24)42-6-3)43(40,41)26-15-9-23(32)10-16-26/h8-17,19,29H,4-7,18,20-21H2,1-3H3,(H,35,39)/t29-/m1/s1. The largest absolute Gasteiger partial charge is 0.494 e. The number of hydrogen-bond donors (Lipinski definition) is 1. The zero-order chi connectivity index (χ0) is 31.6. The number of hydrogen-bond acceptors (Lipinski definition) is 5. The molecule has 0 radical (unpaired) electrons. The van der Waals surface area contributed by atoms with Crippen molar-refractivity contribution in [3.05, 3.63) is 87.4 Å². The van der Waals surface area contributed by atoms with Gasteiger partial charge in [0, 0.05) is 18.1 Å². The first-order valence-corrected chi connectivity index (χ1v) is 16.6. The number of carbonyl (C=O) groups excluding carboxylic acids is 2. The molecule has 0 spiro atoms. The predicted octanol–water partition coefficient (Wildman–Crippen LogP) is 6.96. The van der Waals surface area contributed by atoms with Gasteiger partial charge >= 0.3 is 0 Å². The van der Waals surface area contributed by atoms with E-state index in [-0.39, 0.29) is 23.0 Å². The summed E-state index contributed by atoms with van der Waals surface area (Å²) in [5.41, 5.74) is 0.887. The molecule has 8 nitrogen and oxygen atoms in total. The lowest BCUT2D eigenvalue weighted by Crippen LogP contribution is -2.52. The van der Waals surface area contributed by atoms with Crippen LogP contribution in [0.15, 0.2) is 71.6 Å². The van der Waals surface area contributed by atoms with Crippen LogP contribution in [0.25, 0.3) is 0 Å². The minimum atomic E-state index is -4.23. The third-order valence-corrected chi connectivity index (χ3v) is 9.45. The number of unbranched alkanes of at least 4 members (excludes halogenated alkanes) is 1. The molecule has 232 valence electrons. The van der Waals surface area contributed by atoms with Gasteiger partial charge in [-0.05, 0) is 86.0 Å². The van der Waals surface area contributed by atoms with Crippen molar-refractivity contribution in [2.24, 2.45) is 0 Å². The van der Waals surface area contributed by atoms with Crippen LogP contribution >= 0.6 is 34.8 Å². The molecule has 43 heavy (non-hydrogen) atoms. The molecule has 12 heteroatoms. The number of anilines is 1. The Morgan fingerprint density at radius 2 is 1.58 bits per heavy atom. The zero-order valence-corrected chi connectivity index (χ0v) is 27.4. The van der Waals surface area contributed by atoms with E-state index in [1.807, 2.05) is 13.8 Å². The number of nitrogens with one attached hydrogen (secondary N) is 1. The Morgan fingerprint density at radius 3 is 2.16 bits per heavy atom. The van der Waals surface area contributed by atoms with Gasteiger partial charge in [0.1, 0.15) is 18.3 Å². The van der Waals surface area contributed by atoms with Gasteiger partial charge in [-0.15, -0.1) is 0 Å². The van der Waals surface area contributed by atoms with Crippen LogP contribution in [0, 0.1) is 0 Å². The summed E-state index contributed by atoms with van der Waals surface area (Å²) < 4.78 is 34.5. The fourth-order valence-corrected chi connectivity index (χ4v) is 6.26. The van der Waals surface area contributed by atoms with Crippen LogP contribution in [-0.2, 0) is 26.2 Å². The maximum absolute atomic E-state index is 14.2. The Balaban J connectivity index is 2.05. The predicted molar refractivity (Wildman–Crippen MR) is 173 cm³/mol. The number of ether oxygens (including phenoxy) is 1. The number of carbonyl (C=O) groups is 2. The van der Waals surface area contributed by atoms with E-state index in [1.54, 1.807) is 49.4 Å². The highest BCUT2D eigenvalue weighted by Gasteiger charge is 2.33. The second-order valence-corrected chi connectivity index (χ2v) is 12.8. The molecule has 0 saturated heterocycles. The fraction of sp³-hybridized carbons (Fsp3) is 0.355. The number of sulfonamides is 1. The summed E-state index contributed by atoms with van der Waals surface area (Å²) in [7, 11) is -4.23. The zero-order valence-electron chi connectivity index (χ0n) is 24.4. The summed E-state index contributed by atoms with van der Waals surface area (Å²) in [6, 6.07) is 16.2. The summed E-state index contributed by atoms with van der Waals surface area (Å²) >= 11 is 18.4. The van der Waals surface area contributed by atoms with E-state index in [0.29, 0.717) is 46.0 Å². The molecule has 1 atom stereocenters. The molecule has 0 aromatic heterocycles. The Hall–Kier alpha value is -2.98. The quantitative estimate of drug-likeness (QED) is 0.177. The summed E-state index contributed by atoms with van der Waals surface area (Å²) in [5, 5.41) is 3.92. The van der Waals surface area contributed by atoms with Crippen molar-refractivity contribution in [3.63, 3.8) is 0 Å². The van der Waals surface area contributed by atoms with Gasteiger partial charge in [-0.1, -0.05) is 61.1 Å². The van der Waals surface area contributed by atoms with Crippen molar-refractivity contribution >= 4 is 62.3 Å². The molecule has 0 heterocycles. The van der Waals surface area contributed by atoms with E-state index in [0.717, 1.165) is 17.1 Å². The normalized spacial score (nSPS) is 12.0. The van der Waals surface area contributed by atoms with Gasteiger partial charge in [0.2, 0.25) is 11.8 Å². The lowest BCUT2D eigenvalue weighted by atomic mass is 10.1. The summed E-state index contributed by atoms with van der Waals surface area (Å²) in [6.07, 6.45) is 1.98. The first-order chi connectivity index (χ1) is 20.5. The van der Waals surface area contributed by atoms with Crippen molar-refractivity contribution in [2.75, 3.05) is 24.0 Å². The van der Waals surface area contributed by atoms with Crippen LogP contribution < -0.4 is 14.4 Å². The number of nitrogens with zero attached hydrogens (tertiary/aromatic N) is 2. The SMILES string of the molecule is CCCCNC(=O)[C@@H](CC)N(Cc1ccc(Cl)c(Cl)c1)C(=O)CN(c1ccc(OCC)cc1)S(=O)(=O)c1ccc(Cl)cc1. The van der Waals surface area contributed by atoms with Crippen molar-refractivity contribution in [2.45, 2.75) is 57.5 Å². The van der Waals surface area contributed by atoms with Crippen molar-refractivity contribution in [1.82, 2.24) is 10.2 Å². The fourth-order valence-electron chi connectivity index (χ4n) is 4.40. The van der Waals surface area contributed by atoms with E-state index in [4.69, 9.17) is 39.5 Å². The number of benzene rings is 3. The second-order valence-electron chi connectivity index (χ2n) is 9.73. The molecular weight excluding hydrogens is 633 g/mol. The summed E-state index contributed by atoms with van der Waals surface area (Å²) in [4.78, 5) is 28.8. The highest BCUT2D eigenvalue weighted by atomic mass is 35.5. The van der Waals surface area contributed by atoms with Gasteiger partial charge in [-0.2, -0.15) is 0 Å². The number of amides is 2. The van der Waals surface area contributed by atoms with Gasteiger partial charge < -0.3 is 15.0 Å². The Kier molecular flexibility index (Phi) is 13.0. The van der Waals surface area contributed by atoms with E-state index >= 15 is 0 Å². The number of rotatable bonds is 15. The van der Waals surface area contributed by atoms with E-state index in [2.05, 4.69) is 5.32 Å². The third kappa shape index (κ3) is 9.25. The minimum Gasteiger partial charge on any atom is -0.494 e. The van der Waals surface area contributed by atoms with Crippen LogP contribution in [0.1, 0.15) is 45.6 Å². The topological polar surface area (TPSA) is 96.0 Å². The maximum Gasteiger partial charge on any atom is 0.264 e. The van der Waals surface area contributed by atoms with Gasteiger partial charge in [0.25, 0.3) is 10.0 Å². The molecule has 0 fully saturated rings. The second kappa shape index (κ2) is 16.2. The van der Waals surface area contributed by atoms with Crippen molar-refractivity contribution in [3.8, 4) is 5.75 Å². The maximum atomic E-state index is 14.2. The molecule has 0 unspecified atom stereocenters. The van der Waals surface area contributed by atoms with Crippen LogP contribution in [0.4, 0.5) is 5.69 Å². The molecule has 2 amide bonds. The first-order valence-electron chi connectivity index (χ1n) is 14.0. The lowest BCUT2D eigenvalue weighted by molar-refractivity contribution is -0.140. The molecule has 0 aliphatic carbocycles. The molecule has 0 aliphatic rings. The Labute approximate surface area is 268 Å². The molecule has 0 aliphatic heterocycles. The van der Waals surface area contributed by atoms with E-state index in [9.17, 15) is 18.0 Å². The van der Waals surface area contributed by atoms with Gasteiger partial charge in [-0.3, -0.25) is 13.9 Å². The van der Waals surface area contributed by atoms with Gasteiger partial charge in [0.05, 0.1) is 27.2 Å². The smallest absolute Gasteiger partial charge is 0.264 e. The van der Waals surface area contributed by atoms with E-state index in [1.165, 1.54) is 29.2 Å². The lowest BCUT2D eigenvalue weighted by Gasteiger charge is -2.33. The number of halogens is 3. The highest BCUT2D eigenvalue weighted by molar-refractivity contribution is 7.92. The van der Waals surface area contributed by atoms with Gasteiger partial charge in [0.15, 0.2) is 0 Å². The monoisotopic (exact) mass is 667 g/mol. The van der Waals surface area contributed by atoms with Crippen LogP contribution in [0.3, 0.4) is 0 Å². The highest BCUT2D eigenvalue weighted by Crippen LogP contribution is 2.28. The van der Waals surface area contributed by atoms with Crippen molar-refractivity contribution in [1.29, 1.82) is 0 Å². The molecule has 3 aromatic carbocycles. The van der Waals surface area contributed by atoms with Crippen LogP contribution in [0.5, 0.6) is 5.75 Å². The van der Waals surface area contributed by atoms with E-state index < -0.39 is 28.5 Å². The Bertz CT molecular complexity index is 1490. The molecule has 1 N–H and O–H groups in total. The van der Waals surface area contributed by atoms with Crippen LogP contribution in [-0.4, -0.2) is 50.9 Å². The minimum absolute atomic E-state index is 0.00748. The molecule has 0 saturated carbocycles. The molecule has 3 aromatic rings. The average Bonchev–Trinajstić information content (AvgIpc) is 2.98. The summed E-state index contributed by atoms with van der Waals surface area (Å²) in [6.45, 7) is 5.99.